The van der Waals surface area contributed by atoms with E-state index in [9.17, 15) is 45.5 Å². The molecule has 0 aromatic heterocycles. The zero-order chi connectivity index (χ0) is 34.8. The molecular formula is C33H36F6N4O5. The van der Waals surface area contributed by atoms with E-state index in [1.54, 1.807) is 4.90 Å². The predicted molar refractivity (Wildman–Crippen MR) is 159 cm³/mol. The van der Waals surface area contributed by atoms with Gasteiger partial charge in [0, 0.05) is 31.0 Å². The van der Waals surface area contributed by atoms with Crippen molar-refractivity contribution in [2.24, 2.45) is 5.92 Å². The first-order chi connectivity index (χ1) is 22.6. The standard InChI is InChI=1S/C33H36F6N4O5/c1-18(21-13-22(32(34,35)36)15-23(14-21)33(37,38)39)48-27-11-12-43(17-25(27)19-5-3-2-4-6-19)30(46)20-7-9-24(10-8-20)40-28(44)16-26-29(45)42-31(47)41-26/h2-6,13-15,18,20,24-27H,7-12,16-17H2,1H3,(H,40,44)(H2,41,42,45,47)/t18-,20-,24-,25+,26?,27+/m1/s1. The molecule has 1 saturated carbocycles. The maximum atomic E-state index is 13.7. The summed E-state index contributed by atoms with van der Waals surface area (Å²) in [5.41, 5.74) is -2.24. The van der Waals surface area contributed by atoms with Gasteiger partial charge in [0.25, 0.3) is 5.91 Å². The van der Waals surface area contributed by atoms with Crippen LogP contribution >= 0.6 is 0 Å². The zero-order valence-electron chi connectivity index (χ0n) is 26.0. The number of benzene rings is 2. The molecule has 5 rings (SSSR count). The Labute approximate surface area is 272 Å². The molecule has 2 aliphatic heterocycles. The van der Waals surface area contributed by atoms with E-state index in [1.807, 2.05) is 30.3 Å². The van der Waals surface area contributed by atoms with Gasteiger partial charge in [-0.1, -0.05) is 30.3 Å². The number of ether oxygens (including phenoxy) is 1. The Morgan fingerprint density at radius 3 is 2.12 bits per heavy atom. The molecule has 5 amide bonds. The minimum absolute atomic E-state index is 0.0646. The van der Waals surface area contributed by atoms with Crippen LogP contribution in [0.15, 0.2) is 48.5 Å². The van der Waals surface area contributed by atoms with Crippen molar-refractivity contribution in [3.05, 3.63) is 70.8 Å². The Hall–Kier alpha value is -4.14. The molecule has 1 unspecified atom stereocenters. The van der Waals surface area contributed by atoms with Gasteiger partial charge in [0.05, 0.1) is 29.8 Å². The Kier molecular flexibility index (Phi) is 10.4. The van der Waals surface area contributed by atoms with Gasteiger partial charge in [0.15, 0.2) is 0 Å². The van der Waals surface area contributed by atoms with Crippen molar-refractivity contribution in [1.82, 2.24) is 20.9 Å². The topological polar surface area (TPSA) is 117 Å². The van der Waals surface area contributed by atoms with E-state index in [-0.39, 0.29) is 54.3 Å². The van der Waals surface area contributed by atoms with E-state index in [0.717, 1.165) is 5.56 Å². The van der Waals surface area contributed by atoms with Crippen molar-refractivity contribution < 1.29 is 50.3 Å². The number of hydrogen-bond donors (Lipinski definition) is 3. The van der Waals surface area contributed by atoms with E-state index in [4.69, 9.17) is 4.74 Å². The molecular weight excluding hydrogens is 646 g/mol. The molecule has 3 fully saturated rings. The van der Waals surface area contributed by atoms with Gasteiger partial charge >= 0.3 is 18.4 Å². The van der Waals surface area contributed by atoms with Crippen molar-refractivity contribution in [2.45, 2.75) is 88.0 Å². The van der Waals surface area contributed by atoms with Crippen LogP contribution in [-0.4, -0.2) is 59.9 Å². The molecule has 4 atom stereocenters. The lowest BCUT2D eigenvalue weighted by molar-refractivity contribution is -0.143. The summed E-state index contributed by atoms with van der Waals surface area (Å²) in [6.45, 7) is 1.97. The third-order valence-corrected chi connectivity index (χ3v) is 9.24. The first-order valence-electron chi connectivity index (χ1n) is 15.8. The second-order valence-electron chi connectivity index (χ2n) is 12.6. The number of hydrogen-bond acceptors (Lipinski definition) is 5. The van der Waals surface area contributed by atoms with Crippen LogP contribution in [-0.2, 0) is 31.5 Å². The third-order valence-electron chi connectivity index (χ3n) is 9.24. The number of nitrogens with zero attached hydrogens (tertiary/aromatic N) is 1. The molecule has 3 N–H and O–H groups in total. The lowest BCUT2D eigenvalue weighted by atomic mass is 9.83. The van der Waals surface area contributed by atoms with Gasteiger partial charge in [-0.15, -0.1) is 0 Å². The van der Waals surface area contributed by atoms with Crippen molar-refractivity contribution in [2.75, 3.05) is 13.1 Å². The van der Waals surface area contributed by atoms with Crippen LogP contribution in [0.1, 0.15) is 79.7 Å². The number of urea groups is 1. The van der Waals surface area contributed by atoms with Gasteiger partial charge in [-0.05, 0) is 68.4 Å². The van der Waals surface area contributed by atoms with Crippen molar-refractivity contribution >= 4 is 23.8 Å². The highest BCUT2D eigenvalue weighted by atomic mass is 19.4. The molecule has 0 bridgehead atoms. The van der Waals surface area contributed by atoms with E-state index >= 15 is 0 Å². The first-order valence-corrected chi connectivity index (χ1v) is 15.8. The monoisotopic (exact) mass is 682 g/mol. The summed E-state index contributed by atoms with van der Waals surface area (Å²) in [5.74, 6) is -1.69. The first kappa shape index (κ1) is 35.2. The summed E-state index contributed by atoms with van der Waals surface area (Å²) in [6, 6.07) is 8.81. The van der Waals surface area contributed by atoms with Gasteiger partial charge in [-0.25, -0.2) is 4.79 Å². The molecule has 0 spiro atoms. The van der Waals surface area contributed by atoms with E-state index < -0.39 is 53.7 Å². The van der Waals surface area contributed by atoms with E-state index in [2.05, 4.69) is 16.0 Å². The molecule has 2 saturated heterocycles. The summed E-state index contributed by atoms with van der Waals surface area (Å²) in [7, 11) is 0. The number of alkyl halides is 6. The van der Waals surface area contributed by atoms with Crippen LogP contribution in [0, 0.1) is 5.92 Å². The lowest BCUT2D eigenvalue weighted by Crippen LogP contribution is -2.49. The van der Waals surface area contributed by atoms with Crippen LogP contribution in [0.3, 0.4) is 0 Å². The number of nitrogens with one attached hydrogen (secondary N) is 3. The molecule has 9 nitrogen and oxygen atoms in total. The number of carbonyl (C=O) groups is 4. The zero-order valence-corrected chi connectivity index (χ0v) is 26.0. The average molecular weight is 683 g/mol. The highest BCUT2D eigenvalue weighted by Crippen LogP contribution is 2.40. The number of imide groups is 1. The lowest BCUT2D eigenvalue weighted by Gasteiger charge is -2.42. The Morgan fingerprint density at radius 1 is 0.938 bits per heavy atom. The van der Waals surface area contributed by atoms with Crippen molar-refractivity contribution in [1.29, 1.82) is 0 Å². The molecule has 2 aromatic carbocycles. The number of rotatable bonds is 8. The molecule has 15 heteroatoms. The van der Waals surface area contributed by atoms with E-state index in [1.165, 1.54) is 6.92 Å². The molecule has 0 radical (unpaired) electrons. The summed E-state index contributed by atoms with van der Waals surface area (Å²) in [6.07, 6.45) is -9.40. The van der Waals surface area contributed by atoms with Gasteiger partial charge in [-0.2, -0.15) is 26.3 Å². The summed E-state index contributed by atoms with van der Waals surface area (Å²) < 4.78 is 87.2. The van der Waals surface area contributed by atoms with Crippen molar-refractivity contribution in [3.63, 3.8) is 0 Å². The quantitative estimate of drug-likeness (QED) is 0.253. The van der Waals surface area contributed by atoms with Gasteiger partial charge < -0.3 is 20.3 Å². The van der Waals surface area contributed by atoms with Crippen LogP contribution in [0.2, 0.25) is 0 Å². The number of likely N-dealkylation sites (tertiary alicyclic amines) is 1. The SMILES string of the molecule is C[C@@H](O[C@H]1CCN(C(=O)[C@H]2CC[C@H](NC(=O)CC3NC(=O)NC3=O)CC2)C[C@H]1c1ccccc1)c1cc(C(F)(F)F)cc(C(F)(F)F)c1. The third kappa shape index (κ3) is 8.47. The second-order valence-corrected chi connectivity index (χ2v) is 12.6. The normalized spacial score (nSPS) is 25.6. The van der Waals surface area contributed by atoms with E-state index in [0.29, 0.717) is 50.8 Å². The molecule has 260 valence electrons. The molecule has 2 heterocycles. The molecule has 2 aromatic rings. The maximum absolute atomic E-state index is 13.7. The maximum Gasteiger partial charge on any atom is 0.416 e. The van der Waals surface area contributed by atoms with Gasteiger partial charge in [-0.3, -0.25) is 19.7 Å². The van der Waals surface area contributed by atoms with Gasteiger partial charge in [0.1, 0.15) is 6.04 Å². The predicted octanol–water partition coefficient (Wildman–Crippen LogP) is 5.46. The summed E-state index contributed by atoms with van der Waals surface area (Å²) >= 11 is 0. The van der Waals surface area contributed by atoms with Crippen molar-refractivity contribution in [3.8, 4) is 0 Å². The average Bonchev–Trinajstić information content (AvgIpc) is 3.35. The fourth-order valence-electron chi connectivity index (χ4n) is 6.69. The molecule has 48 heavy (non-hydrogen) atoms. The largest absolute Gasteiger partial charge is 0.416 e. The Bertz CT molecular complexity index is 1480. The Balaban J connectivity index is 1.22. The number of halogens is 6. The second kappa shape index (κ2) is 14.1. The minimum atomic E-state index is -4.98. The minimum Gasteiger partial charge on any atom is -0.370 e. The highest BCUT2D eigenvalue weighted by molar-refractivity contribution is 6.05. The Morgan fingerprint density at radius 2 is 1.56 bits per heavy atom. The number of amides is 5. The fourth-order valence-corrected chi connectivity index (χ4v) is 6.69. The van der Waals surface area contributed by atoms with Crippen LogP contribution in [0.25, 0.3) is 0 Å². The fraction of sp³-hybridized carbons (Fsp3) is 0.515. The molecule has 1 aliphatic carbocycles. The van der Waals surface area contributed by atoms with Crippen LogP contribution in [0.5, 0.6) is 0 Å². The molecule has 3 aliphatic rings. The van der Waals surface area contributed by atoms with Crippen LogP contribution in [0.4, 0.5) is 31.1 Å². The summed E-state index contributed by atoms with van der Waals surface area (Å²) in [5, 5.41) is 7.33. The van der Waals surface area contributed by atoms with Gasteiger partial charge in [0.2, 0.25) is 11.8 Å². The van der Waals surface area contributed by atoms with Crippen LogP contribution < -0.4 is 16.0 Å². The summed E-state index contributed by atoms with van der Waals surface area (Å²) in [4.78, 5) is 50.9. The number of carbonyl (C=O) groups excluding carboxylic acids is 4. The number of piperidine rings is 1. The smallest absolute Gasteiger partial charge is 0.370 e. The highest BCUT2D eigenvalue weighted by Gasteiger charge is 2.40.